The molecule has 0 bridgehead atoms. The number of pyridine rings is 2. The number of nitrogens with one attached hydrogen (secondary N) is 1. The first kappa shape index (κ1) is 17.2. The zero-order valence-electron chi connectivity index (χ0n) is 14.5. The Labute approximate surface area is 147 Å². The molecular weight excluding hydrogens is 318 g/mol. The van der Waals surface area contributed by atoms with Crippen LogP contribution < -0.4 is 14.8 Å². The molecule has 0 radical (unpaired) electrons. The van der Waals surface area contributed by atoms with Crippen molar-refractivity contribution in [1.29, 1.82) is 0 Å². The van der Waals surface area contributed by atoms with E-state index in [2.05, 4.69) is 15.3 Å². The van der Waals surface area contributed by atoms with Crippen LogP contribution in [0.15, 0.2) is 30.6 Å². The summed E-state index contributed by atoms with van der Waals surface area (Å²) in [5.74, 6) is 1.21. The molecule has 2 aromatic heterocycles. The molecule has 3 rings (SSSR count). The van der Waals surface area contributed by atoms with Gasteiger partial charge >= 0.3 is 0 Å². The predicted molar refractivity (Wildman–Crippen MR) is 93.6 cm³/mol. The summed E-state index contributed by atoms with van der Waals surface area (Å²) in [7, 11) is 0. The Bertz CT molecular complexity index is 716. The summed E-state index contributed by atoms with van der Waals surface area (Å²) in [5, 5.41) is 2.84. The second kappa shape index (κ2) is 8.46. The first-order valence-electron chi connectivity index (χ1n) is 8.70. The normalized spacial score (nSPS) is 13.0. The van der Waals surface area contributed by atoms with E-state index < -0.39 is 0 Å². The monoisotopic (exact) mass is 341 g/mol. The van der Waals surface area contributed by atoms with Crippen LogP contribution in [0.4, 0.5) is 0 Å². The molecule has 25 heavy (non-hydrogen) atoms. The van der Waals surface area contributed by atoms with E-state index in [1.165, 1.54) is 6.42 Å². The summed E-state index contributed by atoms with van der Waals surface area (Å²) < 4.78 is 11.0. The van der Waals surface area contributed by atoms with Gasteiger partial charge in [-0.15, -0.1) is 0 Å². The smallest absolute Gasteiger partial charge is 0.258 e. The molecular formula is C19H23N3O3. The number of aromatic nitrogens is 2. The number of aryl methyl sites for hydroxylation is 1. The van der Waals surface area contributed by atoms with Crippen LogP contribution in [-0.4, -0.2) is 29.1 Å². The van der Waals surface area contributed by atoms with Gasteiger partial charge in [-0.25, -0.2) is 4.98 Å². The molecule has 0 aliphatic heterocycles. The van der Waals surface area contributed by atoms with E-state index in [0.717, 1.165) is 41.8 Å². The molecule has 0 unspecified atom stereocenters. The summed E-state index contributed by atoms with van der Waals surface area (Å²) in [6, 6.07) is 5.52. The number of nitrogens with zero attached hydrogens (tertiary/aromatic N) is 2. The summed E-state index contributed by atoms with van der Waals surface area (Å²) in [4.78, 5) is 20.6. The maximum absolute atomic E-state index is 12.0. The lowest BCUT2D eigenvalue weighted by Gasteiger charge is -2.18. The van der Waals surface area contributed by atoms with E-state index in [1.54, 1.807) is 18.5 Å². The third kappa shape index (κ3) is 4.68. The van der Waals surface area contributed by atoms with E-state index in [-0.39, 0.29) is 12.5 Å². The fraction of sp³-hybridized carbons (Fsp3) is 0.421. The maximum Gasteiger partial charge on any atom is 0.258 e. The van der Waals surface area contributed by atoms with Gasteiger partial charge in [0.05, 0.1) is 6.61 Å². The highest BCUT2D eigenvalue weighted by molar-refractivity contribution is 5.77. The van der Waals surface area contributed by atoms with E-state index >= 15 is 0 Å². The van der Waals surface area contributed by atoms with E-state index in [9.17, 15) is 4.79 Å². The number of hydrogen-bond donors (Lipinski definition) is 1. The Kier molecular flexibility index (Phi) is 5.82. The van der Waals surface area contributed by atoms with Crippen molar-refractivity contribution < 1.29 is 14.3 Å². The first-order chi connectivity index (χ1) is 12.3. The standard InChI is InChI=1S/C19H23N3O3/c1-2-24-19-8-7-14(12-22-19)11-21-18(23)13-25-17-9-10-20-16-6-4-3-5-15(16)17/h7-10,12H,2-6,11,13H2,1H3,(H,21,23). The quantitative estimate of drug-likeness (QED) is 0.837. The number of amides is 1. The molecule has 0 aromatic carbocycles. The topological polar surface area (TPSA) is 73.3 Å². The van der Waals surface area contributed by atoms with Crippen molar-refractivity contribution in [3.05, 3.63) is 47.4 Å². The molecule has 1 aliphatic rings. The van der Waals surface area contributed by atoms with Gasteiger partial charge in [-0.1, -0.05) is 6.07 Å². The molecule has 2 aromatic rings. The second-order valence-corrected chi connectivity index (χ2v) is 5.94. The average molecular weight is 341 g/mol. The molecule has 6 nitrogen and oxygen atoms in total. The fourth-order valence-corrected chi connectivity index (χ4v) is 2.87. The molecule has 1 amide bonds. The lowest BCUT2D eigenvalue weighted by molar-refractivity contribution is -0.123. The second-order valence-electron chi connectivity index (χ2n) is 5.94. The Morgan fingerprint density at radius 2 is 2.04 bits per heavy atom. The molecule has 1 N–H and O–H groups in total. The van der Waals surface area contributed by atoms with Crippen molar-refractivity contribution in [2.45, 2.75) is 39.2 Å². The summed E-state index contributed by atoms with van der Waals surface area (Å²) >= 11 is 0. The number of ether oxygens (including phenoxy) is 2. The van der Waals surface area contributed by atoms with Crippen LogP contribution in [0.3, 0.4) is 0 Å². The molecule has 2 heterocycles. The van der Waals surface area contributed by atoms with Crippen molar-refractivity contribution >= 4 is 5.91 Å². The minimum absolute atomic E-state index is 0.000904. The van der Waals surface area contributed by atoms with Crippen LogP contribution in [0, 0.1) is 0 Å². The highest BCUT2D eigenvalue weighted by atomic mass is 16.5. The number of carbonyl (C=O) groups excluding carboxylic acids is 1. The van der Waals surface area contributed by atoms with Gasteiger partial charge in [0, 0.05) is 36.3 Å². The molecule has 0 atom stereocenters. The lowest BCUT2D eigenvalue weighted by Crippen LogP contribution is -2.28. The molecule has 132 valence electrons. The van der Waals surface area contributed by atoms with Crippen molar-refractivity contribution in [3.63, 3.8) is 0 Å². The van der Waals surface area contributed by atoms with Gasteiger partial charge in [-0.3, -0.25) is 9.78 Å². The van der Waals surface area contributed by atoms with E-state index in [1.807, 2.05) is 19.1 Å². The average Bonchev–Trinajstić information content (AvgIpc) is 2.66. The zero-order chi connectivity index (χ0) is 17.5. The van der Waals surface area contributed by atoms with Gasteiger partial charge in [-0.05, 0) is 44.2 Å². The predicted octanol–water partition coefficient (Wildman–Crippen LogP) is 2.45. The van der Waals surface area contributed by atoms with Crippen LogP contribution in [0.1, 0.15) is 36.6 Å². The molecule has 1 aliphatic carbocycles. The van der Waals surface area contributed by atoms with Crippen molar-refractivity contribution in [1.82, 2.24) is 15.3 Å². The highest BCUT2D eigenvalue weighted by Gasteiger charge is 2.15. The van der Waals surface area contributed by atoms with Crippen LogP contribution >= 0.6 is 0 Å². The van der Waals surface area contributed by atoms with Crippen LogP contribution in [-0.2, 0) is 24.2 Å². The Hall–Kier alpha value is -2.63. The van der Waals surface area contributed by atoms with Crippen LogP contribution in [0.25, 0.3) is 0 Å². The van der Waals surface area contributed by atoms with E-state index in [4.69, 9.17) is 9.47 Å². The molecule has 0 saturated heterocycles. The van der Waals surface area contributed by atoms with Crippen LogP contribution in [0.5, 0.6) is 11.6 Å². The highest BCUT2D eigenvalue weighted by Crippen LogP contribution is 2.27. The van der Waals surface area contributed by atoms with Gasteiger partial charge in [0.25, 0.3) is 5.91 Å². The molecule has 0 spiro atoms. The van der Waals surface area contributed by atoms with Gasteiger partial charge in [0.2, 0.25) is 5.88 Å². The number of rotatable bonds is 7. The summed E-state index contributed by atoms with van der Waals surface area (Å²) in [6.07, 6.45) is 7.72. The lowest BCUT2D eigenvalue weighted by atomic mass is 9.95. The van der Waals surface area contributed by atoms with Crippen LogP contribution in [0.2, 0.25) is 0 Å². The van der Waals surface area contributed by atoms with Gasteiger partial charge in [0.1, 0.15) is 5.75 Å². The summed E-state index contributed by atoms with van der Waals surface area (Å²) in [6.45, 7) is 2.91. The number of fused-ring (bicyclic) bond motifs is 1. The van der Waals surface area contributed by atoms with Crippen molar-refractivity contribution in [3.8, 4) is 11.6 Å². The third-order valence-electron chi connectivity index (χ3n) is 4.13. The Morgan fingerprint density at radius 3 is 2.84 bits per heavy atom. The minimum Gasteiger partial charge on any atom is -0.483 e. The first-order valence-corrected chi connectivity index (χ1v) is 8.70. The number of hydrogen-bond acceptors (Lipinski definition) is 5. The molecule has 0 saturated carbocycles. The van der Waals surface area contributed by atoms with E-state index in [0.29, 0.717) is 19.0 Å². The van der Waals surface area contributed by atoms with Crippen molar-refractivity contribution in [2.24, 2.45) is 0 Å². The Balaban J connectivity index is 1.48. The largest absolute Gasteiger partial charge is 0.483 e. The Morgan fingerprint density at radius 1 is 1.16 bits per heavy atom. The number of carbonyl (C=O) groups is 1. The van der Waals surface area contributed by atoms with Gasteiger partial charge < -0.3 is 14.8 Å². The minimum atomic E-state index is -0.157. The molecule has 6 heteroatoms. The van der Waals surface area contributed by atoms with Crippen molar-refractivity contribution in [2.75, 3.05) is 13.2 Å². The van der Waals surface area contributed by atoms with Gasteiger partial charge in [0.15, 0.2) is 6.61 Å². The molecule has 0 fully saturated rings. The summed E-state index contributed by atoms with van der Waals surface area (Å²) in [5.41, 5.74) is 3.17. The maximum atomic E-state index is 12.0. The SMILES string of the molecule is CCOc1ccc(CNC(=O)COc2ccnc3c2CCCC3)cn1. The third-order valence-corrected chi connectivity index (χ3v) is 4.13. The zero-order valence-corrected chi connectivity index (χ0v) is 14.5. The fourth-order valence-electron chi connectivity index (χ4n) is 2.87. The van der Waals surface area contributed by atoms with Gasteiger partial charge in [-0.2, -0.15) is 0 Å².